The Labute approximate surface area is 121 Å². The van der Waals surface area contributed by atoms with Gasteiger partial charge in [0.05, 0.1) is 11.0 Å². The number of rotatable bonds is 7. The van der Waals surface area contributed by atoms with Gasteiger partial charge in [0.25, 0.3) is 0 Å². The highest BCUT2D eigenvalue weighted by molar-refractivity contribution is 7.89. The molecule has 0 aliphatic rings. The summed E-state index contributed by atoms with van der Waals surface area (Å²) < 4.78 is 28.8. The van der Waals surface area contributed by atoms with Crippen LogP contribution in [0.15, 0.2) is 16.3 Å². The normalized spacial score (nSPS) is 14.6. The third-order valence-electron chi connectivity index (χ3n) is 2.56. The summed E-state index contributed by atoms with van der Waals surface area (Å²) in [7, 11) is -5.28. The Morgan fingerprint density at radius 3 is 2.47 bits per heavy atom. The molecular weight excluding hydrogens is 298 g/mol. The molecule has 1 aromatic rings. The molecule has 0 aliphatic heterocycles. The van der Waals surface area contributed by atoms with E-state index in [9.17, 15) is 8.42 Å². The maximum atomic E-state index is 11.3. The van der Waals surface area contributed by atoms with Crippen LogP contribution in [-0.2, 0) is 14.4 Å². The highest BCUT2D eigenvalue weighted by Gasteiger charge is 2.24. The summed E-state index contributed by atoms with van der Waals surface area (Å²) in [5.41, 5.74) is 0. The molecule has 110 valence electrons. The lowest BCUT2D eigenvalue weighted by Gasteiger charge is -2.25. The van der Waals surface area contributed by atoms with Crippen molar-refractivity contribution in [1.82, 2.24) is 0 Å². The van der Waals surface area contributed by atoms with Crippen molar-refractivity contribution in [3.05, 3.63) is 16.3 Å². The number of sulfonamides is 1. The predicted molar refractivity (Wildman–Crippen MR) is 82.4 cm³/mol. The molecule has 7 heteroatoms. The van der Waals surface area contributed by atoms with Gasteiger partial charge in [0.2, 0.25) is 10.0 Å². The molecule has 4 nitrogen and oxygen atoms in total. The van der Waals surface area contributed by atoms with Crippen LogP contribution < -0.4 is 5.14 Å². The first-order valence-corrected chi connectivity index (χ1v) is 12.3. The van der Waals surface area contributed by atoms with Crippen molar-refractivity contribution in [2.45, 2.75) is 56.8 Å². The summed E-state index contributed by atoms with van der Waals surface area (Å²) in [6.45, 7) is 8.55. The first-order valence-electron chi connectivity index (χ1n) is 6.42. The fourth-order valence-electron chi connectivity index (χ4n) is 1.73. The molecule has 1 rings (SSSR count). The molecule has 0 spiro atoms. The van der Waals surface area contributed by atoms with Gasteiger partial charge < -0.3 is 4.43 Å². The molecule has 0 aliphatic carbocycles. The standard InChI is InChI=1S/C12H23NO3S2Si/c1-5-6-7-11(16-19(2,3)4)12-8-10(9-17-12)18(13,14)15/h8-9,11H,5-7H2,1-4H3,(H2,13,14,15). The second kappa shape index (κ2) is 6.49. The molecular formula is C12H23NO3S2Si. The summed E-state index contributed by atoms with van der Waals surface area (Å²) in [5.74, 6) is 0. The summed E-state index contributed by atoms with van der Waals surface area (Å²) in [5, 5.41) is 6.74. The molecule has 2 N–H and O–H groups in total. The fourth-order valence-corrected chi connectivity index (χ4v) is 4.79. The molecule has 0 saturated carbocycles. The van der Waals surface area contributed by atoms with E-state index in [-0.39, 0.29) is 11.0 Å². The summed E-state index contributed by atoms with van der Waals surface area (Å²) in [6, 6.07) is 1.65. The van der Waals surface area contributed by atoms with Crippen LogP contribution in [0.5, 0.6) is 0 Å². The Bertz CT molecular complexity index is 505. The van der Waals surface area contributed by atoms with Gasteiger partial charge in [-0.3, -0.25) is 0 Å². The third kappa shape index (κ3) is 5.74. The number of unbranched alkanes of at least 4 members (excludes halogenated alkanes) is 1. The van der Waals surface area contributed by atoms with Crippen molar-refractivity contribution < 1.29 is 12.8 Å². The van der Waals surface area contributed by atoms with E-state index >= 15 is 0 Å². The Kier molecular flexibility index (Phi) is 5.75. The van der Waals surface area contributed by atoms with Crippen LogP contribution >= 0.6 is 11.3 Å². The minimum Gasteiger partial charge on any atom is -0.410 e. The maximum Gasteiger partial charge on any atom is 0.238 e. The molecule has 1 aromatic heterocycles. The van der Waals surface area contributed by atoms with Crippen molar-refractivity contribution in [1.29, 1.82) is 0 Å². The van der Waals surface area contributed by atoms with Crippen LogP contribution in [0.3, 0.4) is 0 Å². The van der Waals surface area contributed by atoms with E-state index in [2.05, 4.69) is 26.6 Å². The molecule has 0 aromatic carbocycles. The third-order valence-corrected chi connectivity index (χ3v) is 5.62. The lowest BCUT2D eigenvalue weighted by Crippen LogP contribution is -2.27. The average Bonchev–Trinajstić information content (AvgIpc) is 2.71. The lowest BCUT2D eigenvalue weighted by molar-refractivity contribution is 0.187. The number of hydrogen-bond donors (Lipinski definition) is 1. The highest BCUT2D eigenvalue weighted by atomic mass is 32.2. The number of primary sulfonamides is 1. The van der Waals surface area contributed by atoms with Crippen LogP contribution in [0.25, 0.3) is 0 Å². The average molecular weight is 322 g/mol. The monoisotopic (exact) mass is 321 g/mol. The molecule has 0 bridgehead atoms. The zero-order valence-corrected chi connectivity index (χ0v) is 14.6. The molecule has 19 heavy (non-hydrogen) atoms. The van der Waals surface area contributed by atoms with Crippen molar-refractivity contribution in [3.8, 4) is 0 Å². The van der Waals surface area contributed by atoms with Crippen molar-refractivity contribution in [3.63, 3.8) is 0 Å². The zero-order valence-electron chi connectivity index (χ0n) is 12.0. The SMILES string of the molecule is CCCCC(O[Si](C)(C)C)c1cc(S(N)(=O)=O)cs1. The largest absolute Gasteiger partial charge is 0.410 e. The van der Waals surface area contributed by atoms with Gasteiger partial charge in [0, 0.05) is 10.3 Å². The van der Waals surface area contributed by atoms with Crippen LogP contribution in [0, 0.1) is 0 Å². The van der Waals surface area contributed by atoms with E-state index in [1.807, 2.05) is 0 Å². The number of thiophene rings is 1. The second-order valence-corrected chi connectivity index (χ2v) is 12.6. The minimum absolute atomic E-state index is 0.00730. The van der Waals surface area contributed by atoms with Crippen LogP contribution in [-0.4, -0.2) is 16.7 Å². The van der Waals surface area contributed by atoms with E-state index < -0.39 is 18.3 Å². The van der Waals surface area contributed by atoms with Gasteiger partial charge in [-0.15, -0.1) is 11.3 Å². The maximum absolute atomic E-state index is 11.3. The van der Waals surface area contributed by atoms with Crippen molar-refractivity contribution in [2.24, 2.45) is 5.14 Å². The quantitative estimate of drug-likeness (QED) is 0.782. The van der Waals surface area contributed by atoms with Gasteiger partial charge in [0.15, 0.2) is 8.32 Å². The second-order valence-electron chi connectivity index (χ2n) is 5.59. The molecule has 1 heterocycles. The Balaban J connectivity index is 2.94. The minimum atomic E-state index is -3.61. The lowest BCUT2D eigenvalue weighted by atomic mass is 10.1. The van der Waals surface area contributed by atoms with E-state index in [0.29, 0.717) is 0 Å². The van der Waals surface area contributed by atoms with E-state index in [4.69, 9.17) is 9.56 Å². The summed E-state index contributed by atoms with van der Waals surface area (Å²) in [6.07, 6.45) is 3.08. The fraction of sp³-hybridized carbons (Fsp3) is 0.667. The van der Waals surface area contributed by atoms with Crippen molar-refractivity contribution in [2.75, 3.05) is 0 Å². The van der Waals surface area contributed by atoms with Crippen LogP contribution in [0.2, 0.25) is 19.6 Å². The van der Waals surface area contributed by atoms with Gasteiger partial charge in [-0.2, -0.15) is 0 Å². The van der Waals surface area contributed by atoms with Gasteiger partial charge in [-0.25, -0.2) is 13.6 Å². The molecule has 0 amide bonds. The molecule has 0 radical (unpaired) electrons. The van der Waals surface area contributed by atoms with E-state index in [1.54, 1.807) is 11.4 Å². The van der Waals surface area contributed by atoms with Crippen LogP contribution in [0.1, 0.15) is 37.2 Å². The van der Waals surface area contributed by atoms with Gasteiger partial charge in [-0.1, -0.05) is 19.8 Å². The Hall–Kier alpha value is -0.213. The topological polar surface area (TPSA) is 69.4 Å². The number of hydrogen-bond acceptors (Lipinski definition) is 4. The van der Waals surface area contributed by atoms with Gasteiger partial charge in [-0.05, 0) is 32.1 Å². The molecule has 0 fully saturated rings. The van der Waals surface area contributed by atoms with Gasteiger partial charge >= 0.3 is 0 Å². The Morgan fingerprint density at radius 2 is 2.05 bits per heavy atom. The summed E-state index contributed by atoms with van der Waals surface area (Å²) >= 11 is 1.41. The number of nitrogens with two attached hydrogens (primary N) is 1. The smallest absolute Gasteiger partial charge is 0.238 e. The van der Waals surface area contributed by atoms with Gasteiger partial charge in [0.1, 0.15) is 0 Å². The Morgan fingerprint density at radius 1 is 1.42 bits per heavy atom. The molecule has 1 unspecified atom stereocenters. The van der Waals surface area contributed by atoms with Crippen LogP contribution in [0.4, 0.5) is 0 Å². The van der Waals surface area contributed by atoms with Crippen molar-refractivity contribution >= 4 is 29.7 Å². The zero-order chi connectivity index (χ0) is 14.7. The molecule has 0 saturated heterocycles. The highest BCUT2D eigenvalue weighted by Crippen LogP contribution is 2.32. The van der Waals surface area contributed by atoms with E-state index in [1.165, 1.54) is 11.3 Å². The first kappa shape index (κ1) is 16.8. The van der Waals surface area contributed by atoms with E-state index in [0.717, 1.165) is 24.1 Å². The predicted octanol–water partition coefficient (Wildman–Crippen LogP) is 3.48. The molecule has 1 atom stereocenters. The summed E-state index contributed by atoms with van der Waals surface area (Å²) in [4.78, 5) is 1.15. The first-order chi connectivity index (χ1) is 8.63.